The van der Waals surface area contributed by atoms with Gasteiger partial charge in [0.15, 0.2) is 0 Å². The molecule has 0 aromatic carbocycles. The summed E-state index contributed by atoms with van der Waals surface area (Å²) in [6, 6.07) is 4.10. The predicted octanol–water partition coefficient (Wildman–Crippen LogP) is 2.39. The molecule has 2 aliphatic rings. The second-order valence-electron chi connectivity index (χ2n) is 6.12. The Labute approximate surface area is 118 Å². The van der Waals surface area contributed by atoms with Gasteiger partial charge in [0.05, 0.1) is 12.6 Å². The molecule has 0 bridgehead atoms. The Morgan fingerprint density at radius 3 is 2.60 bits per heavy atom. The quantitative estimate of drug-likeness (QED) is 0.857. The monoisotopic (exact) mass is 272 g/mol. The van der Waals surface area contributed by atoms with Crippen LogP contribution in [0.15, 0.2) is 29.3 Å². The largest absolute Gasteiger partial charge is 0.376 e. The highest BCUT2D eigenvalue weighted by Crippen LogP contribution is 2.31. The summed E-state index contributed by atoms with van der Waals surface area (Å²) >= 11 is 0. The Hall–Kier alpha value is -1.55. The first kappa shape index (κ1) is 12.2. The molecular formula is C16H20N2O2. The Morgan fingerprint density at radius 2 is 1.90 bits per heavy atom. The minimum Gasteiger partial charge on any atom is -0.376 e. The van der Waals surface area contributed by atoms with Gasteiger partial charge in [-0.2, -0.15) is 0 Å². The first-order valence-electron chi connectivity index (χ1n) is 7.61. The minimum atomic E-state index is 0.128. The van der Waals surface area contributed by atoms with Crippen LogP contribution >= 0.6 is 0 Å². The molecule has 1 unspecified atom stereocenters. The fraction of sp³-hybridized carbons (Fsp3) is 0.562. The van der Waals surface area contributed by atoms with Crippen LogP contribution in [0.2, 0.25) is 0 Å². The second-order valence-corrected chi connectivity index (χ2v) is 6.12. The zero-order valence-electron chi connectivity index (χ0n) is 11.6. The predicted molar refractivity (Wildman–Crippen MR) is 77.9 cm³/mol. The van der Waals surface area contributed by atoms with Crippen LogP contribution in [0.5, 0.6) is 0 Å². The Balaban J connectivity index is 1.70. The Kier molecular flexibility index (Phi) is 2.91. The third-order valence-corrected chi connectivity index (χ3v) is 4.47. The number of nitrogens with zero attached hydrogens (tertiary/aromatic N) is 2. The smallest absolute Gasteiger partial charge is 0.275 e. The number of ether oxygens (including phenoxy) is 1. The van der Waals surface area contributed by atoms with Crippen molar-refractivity contribution in [3.05, 3.63) is 34.9 Å². The van der Waals surface area contributed by atoms with Crippen LogP contribution in [0.25, 0.3) is 10.9 Å². The van der Waals surface area contributed by atoms with Crippen molar-refractivity contribution in [3.8, 4) is 0 Å². The maximum Gasteiger partial charge on any atom is 0.275 e. The molecule has 0 radical (unpaired) electrons. The maximum absolute atomic E-state index is 12.7. The molecule has 4 nitrogen and oxygen atoms in total. The molecule has 1 saturated carbocycles. The average Bonchev–Trinajstić information content (AvgIpc) is 2.95. The van der Waals surface area contributed by atoms with E-state index in [2.05, 4.69) is 22.9 Å². The van der Waals surface area contributed by atoms with Gasteiger partial charge >= 0.3 is 0 Å². The summed E-state index contributed by atoms with van der Waals surface area (Å²) < 4.78 is 9.61. The molecule has 106 valence electrons. The molecule has 2 fully saturated rings. The normalized spacial score (nSPS) is 22.7. The van der Waals surface area contributed by atoms with Gasteiger partial charge in [-0.3, -0.25) is 4.79 Å². The van der Waals surface area contributed by atoms with E-state index in [4.69, 9.17) is 4.74 Å². The van der Waals surface area contributed by atoms with E-state index >= 15 is 0 Å². The van der Waals surface area contributed by atoms with Gasteiger partial charge in [0.1, 0.15) is 5.52 Å². The van der Waals surface area contributed by atoms with Crippen LogP contribution in [-0.2, 0) is 17.8 Å². The average molecular weight is 272 g/mol. The molecule has 4 heteroatoms. The van der Waals surface area contributed by atoms with Crippen LogP contribution in [0, 0.1) is 5.92 Å². The molecule has 3 heterocycles. The minimum absolute atomic E-state index is 0.128. The van der Waals surface area contributed by atoms with Gasteiger partial charge in [0.2, 0.25) is 0 Å². The topological polar surface area (TPSA) is 36.2 Å². The van der Waals surface area contributed by atoms with Gasteiger partial charge in [0.25, 0.3) is 5.56 Å². The van der Waals surface area contributed by atoms with Crippen molar-refractivity contribution in [2.75, 3.05) is 6.61 Å². The van der Waals surface area contributed by atoms with E-state index in [1.807, 2.05) is 10.8 Å². The van der Waals surface area contributed by atoms with E-state index < -0.39 is 0 Å². The highest BCUT2D eigenvalue weighted by molar-refractivity contribution is 5.78. The van der Waals surface area contributed by atoms with E-state index in [1.165, 1.54) is 12.8 Å². The lowest BCUT2D eigenvalue weighted by Crippen LogP contribution is -2.27. The summed E-state index contributed by atoms with van der Waals surface area (Å²) in [6.07, 6.45) is 8.95. The maximum atomic E-state index is 12.7. The molecule has 1 atom stereocenters. The third kappa shape index (κ3) is 2.18. The van der Waals surface area contributed by atoms with Crippen molar-refractivity contribution < 1.29 is 4.74 Å². The van der Waals surface area contributed by atoms with E-state index in [9.17, 15) is 4.79 Å². The van der Waals surface area contributed by atoms with Gasteiger partial charge in [-0.15, -0.1) is 0 Å². The summed E-state index contributed by atoms with van der Waals surface area (Å²) in [5.74, 6) is 0.775. The fourth-order valence-corrected chi connectivity index (χ4v) is 3.13. The van der Waals surface area contributed by atoms with Crippen LogP contribution in [0.3, 0.4) is 0 Å². The highest BCUT2D eigenvalue weighted by atomic mass is 16.5. The van der Waals surface area contributed by atoms with Crippen LogP contribution in [-0.4, -0.2) is 21.8 Å². The molecule has 2 aromatic heterocycles. The molecule has 1 saturated heterocycles. The number of aromatic nitrogens is 2. The first-order chi connectivity index (χ1) is 9.81. The van der Waals surface area contributed by atoms with Gasteiger partial charge < -0.3 is 13.9 Å². The molecule has 0 amide bonds. The highest BCUT2D eigenvalue weighted by Gasteiger charge is 2.23. The van der Waals surface area contributed by atoms with E-state index in [0.29, 0.717) is 6.54 Å². The third-order valence-electron chi connectivity index (χ3n) is 4.47. The molecule has 2 aromatic rings. The molecule has 1 aliphatic heterocycles. The first-order valence-corrected chi connectivity index (χ1v) is 7.61. The van der Waals surface area contributed by atoms with E-state index in [1.54, 1.807) is 0 Å². The van der Waals surface area contributed by atoms with Crippen molar-refractivity contribution in [2.24, 2.45) is 5.92 Å². The zero-order valence-corrected chi connectivity index (χ0v) is 11.6. The lowest BCUT2D eigenvalue weighted by atomic mass is 10.2. The summed E-state index contributed by atoms with van der Waals surface area (Å²) in [5, 5.41) is 1.05. The SMILES string of the molecule is O=c1c2c(ccn1CC1CCCO1)ccn2CC1CC1. The van der Waals surface area contributed by atoms with Crippen molar-refractivity contribution in [1.82, 2.24) is 9.13 Å². The van der Waals surface area contributed by atoms with Crippen molar-refractivity contribution >= 4 is 10.9 Å². The lowest BCUT2D eigenvalue weighted by Gasteiger charge is -2.12. The number of hydrogen-bond acceptors (Lipinski definition) is 2. The standard InChI is InChI=1S/C16H20N2O2/c19-16-15-13(5-7-17(15)10-12-3-4-12)6-8-18(16)11-14-2-1-9-20-14/h5-8,12,14H,1-4,9-11H2. The number of hydrogen-bond donors (Lipinski definition) is 0. The zero-order chi connectivity index (χ0) is 13.5. The van der Waals surface area contributed by atoms with Crippen molar-refractivity contribution in [2.45, 2.75) is 44.9 Å². The van der Waals surface area contributed by atoms with E-state index in [0.717, 1.165) is 42.8 Å². The second kappa shape index (κ2) is 4.77. The lowest BCUT2D eigenvalue weighted by molar-refractivity contribution is 0.0963. The fourth-order valence-electron chi connectivity index (χ4n) is 3.13. The van der Waals surface area contributed by atoms with Crippen LogP contribution in [0.4, 0.5) is 0 Å². The van der Waals surface area contributed by atoms with Gasteiger partial charge in [-0.05, 0) is 43.7 Å². The molecule has 0 N–H and O–H groups in total. The Morgan fingerprint density at radius 1 is 1.10 bits per heavy atom. The summed E-state index contributed by atoms with van der Waals surface area (Å²) in [6.45, 7) is 2.51. The number of rotatable bonds is 4. The van der Waals surface area contributed by atoms with Crippen molar-refractivity contribution in [3.63, 3.8) is 0 Å². The summed E-state index contributed by atoms with van der Waals surface area (Å²) in [5.41, 5.74) is 0.987. The molecular weight excluding hydrogens is 252 g/mol. The summed E-state index contributed by atoms with van der Waals surface area (Å²) in [7, 11) is 0. The van der Waals surface area contributed by atoms with Crippen LogP contribution < -0.4 is 5.56 Å². The van der Waals surface area contributed by atoms with Gasteiger partial charge in [0, 0.05) is 30.9 Å². The summed E-state index contributed by atoms with van der Waals surface area (Å²) in [4.78, 5) is 12.7. The number of pyridine rings is 1. The molecule has 0 spiro atoms. The van der Waals surface area contributed by atoms with E-state index in [-0.39, 0.29) is 11.7 Å². The Bertz CT molecular complexity index is 675. The molecule has 4 rings (SSSR count). The van der Waals surface area contributed by atoms with Gasteiger partial charge in [-0.1, -0.05) is 0 Å². The number of fused-ring (bicyclic) bond motifs is 1. The molecule has 20 heavy (non-hydrogen) atoms. The molecule has 1 aliphatic carbocycles. The van der Waals surface area contributed by atoms with Gasteiger partial charge in [-0.25, -0.2) is 0 Å². The van der Waals surface area contributed by atoms with Crippen LogP contribution in [0.1, 0.15) is 25.7 Å². The van der Waals surface area contributed by atoms with Crippen molar-refractivity contribution in [1.29, 1.82) is 0 Å².